The van der Waals surface area contributed by atoms with Gasteiger partial charge < -0.3 is 24.9 Å². The zero-order chi connectivity index (χ0) is 28.3. The number of alkyl halides is 3. The number of rotatable bonds is 7. The van der Waals surface area contributed by atoms with Crippen LogP contribution in [0.5, 0.6) is 11.8 Å². The molecule has 0 radical (unpaired) electrons. The maximum absolute atomic E-state index is 13.4. The van der Waals surface area contributed by atoms with E-state index < -0.39 is 34.3 Å². The molecule has 1 amide bonds. The summed E-state index contributed by atoms with van der Waals surface area (Å²) in [5, 5.41) is 5.78. The van der Waals surface area contributed by atoms with Crippen molar-refractivity contribution in [1.29, 1.82) is 0 Å². The number of amides is 1. The number of hydrogen-bond donors (Lipinski definition) is 2. The molecule has 208 valence electrons. The summed E-state index contributed by atoms with van der Waals surface area (Å²) >= 11 is 5.25. The molecule has 0 aliphatic carbocycles. The molecule has 3 aromatic rings. The Morgan fingerprint density at radius 2 is 1.77 bits per heavy atom. The van der Waals surface area contributed by atoms with E-state index in [1.165, 1.54) is 32.4 Å². The van der Waals surface area contributed by atoms with E-state index in [0.29, 0.717) is 15.8 Å². The zero-order valence-corrected chi connectivity index (χ0v) is 21.5. The molecular weight excluding hydrogens is 545 g/mol. The van der Waals surface area contributed by atoms with Crippen LogP contribution < -0.4 is 30.5 Å². The number of halogens is 3. The number of carbonyl (C=O) groups is 2. The van der Waals surface area contributed by atoms with E-state index >= 15 is 0 Å². The van der Waals surface area contributed by atoms with Crippen molar-refractivity contribution in [3.05, 3.63) is 45.0 Å². The highest BCUT2D eigenvalue weighted by Crippen LogP contribution is 2.21. The Morgan fingerprint density at radius 1 is 1.13 bits per heavy atom. The van der Waals surface area contributed by atoms with Gasteiger partial charge in [-0.1, -0.05) is 0 Å². The van der Waals surface area contributed by atoms with Gasteiger partial charge in [0.15, 0.2) is 0 Å². The van der Waals surface area contributed by atoms with Crippen molar-refractivity contribution < 1.29 is 37.1 Å². The standard InChI is InChI=1S/C23H23F3N6O6S/c1-36-16-10-17(37-2)30-21(29-16)31-19(34)14-4-3-13(18(33)28-11-12-5-7-27-8-6-12)9-15(14)32(22(31)39)38-20(35)23(24,25)26/h3-4,9-10,12,27H,5-8,11H2,1-2H3,(H,28,33). The van der Waals surface area contributed by atoms with Gasteiger partial charge in [0.05, 0.1) is 31.2 Å². The number of benzene rings is 1. The molecule has 1 saturated heterocycles. The van der Waals surface area contributed by atoms with E-state index in [0.717, 1.165) is 32.0 Å². The molecule has 3 heterocycles. The van der Waals surface area contributed by atoms with Crippen LogP contribution in [0.15, 0.2) is 29.1 Å². The summed E-state index contributed by atoms with van der Waals surface area (Å²) in [6.07, 6.45) is -3.63. The minimum atomic E-state index is -5.39. The summed E-state index contributed by atoms with van der Waals surface area (Å²) in [6.45, 7) is 2.06. The number of nitrogens with zero attached hydrogens (tertiary/aromatic N) is 4. The first-order chi connectivity index (χ1) is 18.5. The van der Waals surface area contributed by atoms with Gasteiger partial charge in [-0.05, 0) is 62.3 Å². The minimum absolute atomic E-state index is 0.0130. The average Bonchev–Trinajstić information content (AvgIpc) is 2.93. The highest BCUT2D eigenvalue weighted by atomic mass is 32.1. The Balaban J connectivity index is 1.85. The van der Waals surface area contributed by atoms with Gasteiger partial charge in [-0.15, -0.1) is 4.73 Å². The van der Waals surface area contributed by atoms with Crippen molar-refractivity contribution in [2.24, 2.45) is 5.92 Å². The molecule has 0 unspecified atom stereocenters. The lowest BCUT2D eigenvalue weighted by Crippen LogP contribution is -2.37. The number of hydrogen-bond acceptors (Lipinski definition) is 10. The fourth-order valence-electron chi connectivity index (χ4n) is 3.95. The van der Waals surface area contributed by atoms with Gasteiger partial charge in [0.25, 0.3) is 11.5 Å². The van der Waals surface area contributed by atoms with Crippen molar-refractivity contribution in [2.75, 3.05) is 33.9 Å². The van der Waals surface area contributed by atoms with Crippen LogP contribution in [0, 0.1) is 10.7 Å². The van der Waals surface area contributed by atoms with Gasteiger partial charge in [-0.3, -0.25) is 9.59 Å². The van der Waals surface area contributed by atoms with Crippen LogP contribution in [0.2, 0.25) is 0 Å². The van der Waals surface area contributed by atoms with E-state index in [9.17, 15) is 27.6 Å². The van der Waals surface area contributed by atoms with Gasteiger partial charge in [0, 0.05) is 12.1 Å². The lowest BCUT2D eigenvalue weighted by atomic mass is 9.98. The zero-order valence-electron chi connectivity index (χ0n) is 20.7. The van der Waals surface area contributed by atoms with Crippen LogP contribution in [0.3, 0.4) is 0 Å². The maximum atomic E-state index is 13.4. The van der Waals surface area contributed by atoms with Crippen molar-refractivity contribution >= 4 is 35.0 Å². The molecule has 16 heteroatoms. The van der Waals surface area contributed by atoms with Crippen LogP contribution in [-0.4, -0.2) is 71.2 Å². The molecular formula is C23H23F3N6O6S. The summed E-state index contributed by atoms with van der Waals surface area (Å²) in [7, 11) is 2.57. The molecule has 2 aromatic heterocycles. The maximum Gasteiger partial charge on any atom is 0.493 e. The molecule has 1 fully saturated rings. The molecule has 2 N–H and O–H groups in total. The summed E-state index contributed by atoms with van der Waals surface area (Å²) in [5.74, 6) is -3.37. The van der Waals surface area contributed by atoms with Crippen LogP contribution >= 0.6 is 12.2 Å². The number of nitrogens with one attached hydrogen (secondary N) is 2. The molecule has 1 aromatic carbocycles. The Morgan fingerprint density at radius 3 is 2.36 bits per heavy atom. The lowest BCUT2D eigenvalue weighted by molar-refractivity contribution is -0.199. The summed E-state index contributed by atoms with van der Waals surface area (Å²) in [6, 6.07) is 4.94. The van der Waals surface area contributed by atoms with E-state index in [-0.39, 0.29) is 34.1 Å². The highest BCUT2D eigenvalue weighted by molar-refractivity contribution is 7.71. The van der Waals surface area contributed by atoms with Gasteiger partial charge in [-0.25, -0.2) is 9.36 Å². The number of piperidine rings is 1. The second kappa shape index (κ2) is 11.4. The van der Waals surface area contributed by atoms with Crippen molar-refractivity contribution in [1.82, 2.24) is 29.9 Å². The predicted octanol–water partition coefficient (Wildman–Crippen LogP) is 1.58. The van der Waals surface area contributed by atoms with Gasteiger partial charge in [0.2, 0.25) is 22.5 Å². The molecule has 0 atom stereocenters. The Bertz CT molecular complexity index is 1510. The smallest absolute Gasteiger partial charge is 0.481 e. The molecule has 0 bridgehead atoms. The van der Waals surface area contributed by atoms with Crippen LogP contribution in [0.1, 0.15) is 23.2 Å². The second-order valence-electron chi connectivity index (χ2n) is 8.48. The van der Waals surface area contributed by atoms with Crippen LogP contribution in [0.25, 0.3) is 16.9 Å². The molecule has 1 aliphatic rings. The summed E-state index contributed by atoms with van der Waals surface area (Å²) in [5.41, 5.74) is -1.19. The number of aromatic nitrogens is 4. The first-order valence-corrected chi connectivity index (χ1v) is 12.0. The second-order valence-corrected chi connectivity index (χ2v) is 8.85. The average molecular weight is 569 g/mol. The number of methoxy groups -OCH3 is 2. The van der Waals surface area contributed by atoms with Crippen LogP contribution in [0.4, 0.5) is 13.2 Å². The Kier molecular flexibility index (Phi) is 8.15. The van der Waals surface area contributed by atoms with Crippen molar-refractivity contribution in [3.8, 4) is 17.7 Å². The van der Waals surface area contributed by atoms with Crippen molar-refractivity contribution in [3.63, 3.8) is 0 Å². The van der Waals surface area contributed by atoms with E-state index in [4.69, 9.17) is 21.7 Å². The number of carbonyl (C=O) groups excluding carboxylic acids is 2. The fraction of sp³-hybridized carbons (Fsp3) is 0.391. The van der Waals surface area contributed by atoms with E-state index in [1.54, 1.807) is 0 Å². The normalized spacial score (nSPS) is 14.2. The number of fused-ring (bicyclic) bond motifs is 1. The molecule has 39 heavy (non-hydrogen) atoms. The summed E-state index contributed by atoms with van der Waals surface area (Å²) in [4.78, 5) is 50.7. The molecule has 1 aliphatic heterocycles. The first-order valence-electron chi connectivity index (χ1n) is 11.6. The third kappa shape index (κ3) is 6.01. The Hall–Kier alpha value is -4.05. The van der Waals surface area contributed by atoms with Crippen molar-refractivity contribution in [2.45, 2.75) is 19.0 Å². The van der Waals surface area contributed by atoms with E-state index in [2.05, 4.69) is 25.4 Å². The number of ether oxygens (including phenoxy) is 2. The van der Waals surface area contributed by atoms with Crippen LogP contribution in [-0.2, 0) is 4.79 Å². The Labute approximate surface area is 223 Å². The molecule has 0 spiro atoms. The third-order valence-electron chi connectivity index (χ3n) is 5.98. The lowest BCUT2D eigenvalue weighted by Gasteiger charge is -2.22. The fourth-order valence-corrected chi connectivity index (χ4v) is 4.25. The topological polar surface area (TPSA) is 139 Å². The molecule has 12 nitrogen and oxygen atoms in total. The summed E-state index contributed by atoms with van der Waals surface area (Å²) < 4.78 is 49.8. The van der Waals surface area contributed by atoms with Gasteiger partial charge >= 0.3 is 12.1 Å². The first kappa shape index (κ1) is 28.0. The predicted molar refractivity (Wildman–Crippen MR) is 133 cm³/mol. The van der Waals surface area contributed by atoms with E-state index in [1.807, 2.05) is 0 Å². The third-order valence-corrected chi connectivity index (χ3v) is 6.33. The van der Waals surface area contributed by atoms with Gasteiger partial charge in [-0.2, -0.15) is 23.1 Å². The monoisotopic (exact) mass is 568 g/mol. The quantitative estimate of drug-likeness (QED) is 0.404. The molecule has 0 saturated carbocycles. The SMILES string of the molecule is COc1cc(OC)nc(-n2c(=O)c3ccc(C(=O)NCC4CCNCC4)cc3n(OC(=O)C(F)(F)F)c2=S)n1. The molecule has 4 rings (SSSR count). The van der Waals surface area contributed by atoms with Gasteiger partial charge in [0.1, 0.15) is 0 Å². The largest absolute Gasteiger partial charge is 0.493 e. The minimum Gasteiger partial charge on any atom is -0.481 e. The highest BCUT2D eigenvalue weighted by Gasteiger charge is 2.42.